The molecule has 1 aromatic heterocycles. The Morgan fingerprint density at radius 1 is 0.963 bits per heavy atom. The van der Waals surface area contributed by atoms with Gasteiger partial charge in [0.05, 0.1) is 11.4 Å². The summed E-state index contributed by atoms with van der Waals surface area (Å²) in [6.45, 7) is 5.71. The van der Waals surface area contributed by atoms with Gasteiger partial charge < -0.3 is 5.32 Å². The van der Waals surface area contributed by atoms with Gasteiger partial charge in [0.1, 0.15) is 0 Å². The number of hydrogen-bond donors (Lipinski definition) is 1. The molecule has 0 radical (unpaired) electrons. The molecule has 0 aliphatic carbocycles. The molecule has 1 atom stereocenters. The van der Waals surface area contributed by atoms with Crippen molar-refractivity contribution in [1.82, 2.24) is 20.0 Å². The third kappa shape index (κ3) is 3.31. The fourth-order valence-corrected chi connectivity index (χ4v) is 4.62. The van der Waals surface area contributed by atoms with Crippen LogP contribution in [0.5, 0.6) is 0 Å². The van der Waals surface area contributed by atoms with Crippen LogP contribution in [-0.2, 0) is 6.54 Å². The maximum atomic E-state index is 4.96. The van der Waals surface area contributed by atoms with Crippen LogP contribution in [0, 0.1) is 5.41 Å². The van der Waals surface area contributed by atoms with Gasteiger partial charge in [-0.1, -0.05) is 48.5 Å². The van der Waals surface area contributed by atoms with Crippen molar-refractivity contribution in [2.24, 2.45) is 5.41 Å². The van der Waals surface area contributed by atoms with E-state index in [0.29, 0.717) is 5.41 Å². The fourth-order valence-electron chi connectivity index (χ4n) is 4.62. The van der Waals surface area contributed by atoms with E-state index < -0.39 is 0 Å². The van der Waals surface area contributed by atoms with Crippen molar-refractivity contribution >= 4 is 0 Å². The zero-order valence-electron chi connectivity index (χ0n) is 15.6. The highest BCUT2D eigenvalue weighted by Gasteiger charge is 2.40. The van der Waals surface area contributed by atoms with Crippen LogP contribution in [0.15, 0.2) is 66.9 Å². The number of rotatable bonds is 4. The van der Waals surface area contributed by atoms with Crippen LogP contribution in [0.1, 0.15) is 18.4 Å². The van der Waals surface area contributed by atoms with Crippen molar-refractivity contribution in [2.45, 2.75) is 19.4 Å². The Morgan fingerprint density at radius 2 is 1.74 bits per heavy atom. The molecule has 138 valence electrons. The van der Waals surface area contributed by atoms with Crippen molar-refractivity contribution in [3.05, 3.63) is 72.4 Å². The predicted molar refractivity (Wildman–Crippen MR) is 109 cm³/mol. The van der Waals surface area contributed by atoms with Gasteiger partial charge in [0, 0.05) is 37.0 Å². The van der Waals surface area contributed by atoms with E-state index in [4.69, 9.17) is 5.10 Å². The topological polar surface area (TPSA) is 33.1 Å². The largest absolute Gasteiger partial charge is 0.316 e. The summed E-state index contributed by atoms with van der Waals surface area (Å²) in [5, 5.41) is 8.52. The Balaban J connectivity index is 1.46. The number of hydrogen-bond acceptors (Lipinski definition) is 3. The summed E-state index contributed by atoms with van der Waals surface area (Å²) in [6.07, 6.45) is 4.85. The highest BCUT2D eigenvalue weighted by Crippen LogP contribution is 2.37. The van der Waals surface area contributed by atoms with E-state index in [1.807, 2.05) is 10.7 Å². The molecule has 4 heteroatoms. The minimum atomic E-state index is 0.502. The van der Waals surface area contributed by atoms with E-state index in [1.54, 1.807) is 0 Å². The first-order valence-electron chi connectivity index (χ1n) is 9.94. The maximum absolute atomic E-state index is 4.96. The van der Waals surface area contributed by atoms with Crippen LogP contribution >= 0.6 is 0 Å². The zero-order valence-corrected chi connectivity index (χ0v) is 15.6. The Labute approximate surface area is 160 Å². The number of nitrogens with one attached hydrogen (secondary N) is 1. The van der Waals surface area contributed by atoms with Crippen LogP contribution in [0.2, 0.25) is 0 Å². The van der Waals surface area contributed by atoms with Gasteiger partial charge in [-0.25, -0.2) is 4.68 Å². The SMILES string of the molecule is c1ccc(-c2nn(-c3ccccc3)cc2CN2CCC3(CCNC3)C2)cc1. The minimum Gasteiger partial charge on any atom is -0.316 e. The normalized spacial score (nSPS) is 22.7. The van der Waals surface area contributed by atoms with Gasteiger partial charge in [0.25, 0.3) is 0 Å². The molecule has 2 aliphatic heterocycles. The quantitative estimate of drug-likeness (QED) is 0.771. The van der Waals surface area contributed by atoms with E-state index in [9.17, 15) is 0 Å². The van der Waals surface area contributed by atoms with E-state index in [0.717, 1.165) is 17.9 Å². The average Bonchev–Trinajstić information content (AvgIpc) is 3.45. The lowest BCUT2D eigenvalue weighted by Crippen LogP contribution is -2.29. The first kappa shape index (κ1) is 16.7. The number of nitrogens with zero attached hydrogens (tertiary/aromatic N) is 3. The molecule has 3 heterocycles. The van der Waals surface area contributed by atoms with Gasteiger partial charge in [-0.3, -0.25) is 4.90 Å². The Kier molecular flexibility index (Phi) is 4.30. The van der Waals surface area contributed by atoms with E-state index in [2.05, 4.69) is 71.0 Å². The summed E-state index contributed by atoms with van der Waals surface area (Å²) in [6, 6.07) is 21.0. The monoisotopic (exact) mass is 358 g/mol. The van der Waals surface area contributed by atoms with Crippen LogP contribution in [0.3, 0.4) is 0 Å². The van der Waals surface area contributed by atoms with Crippen LogP contribution in [-0.4, -0.2) is 40.9 Å². The third-order valence-electron chi connectivity index (χ3n) is 6.10. The number of aromatic nitrogens is 2. The summed E-state index contributed by atoms with van der Waals surface area (Å²) in [5.41, 5.74) is 5.22. The molecule has 2 fully saturated rings. The molecule has 2 aliphatic rings. The Morgan fingerprint density at radius 3 is 2.48 bits per heavy atom. The lowest BCUT2D eigenvalue weighted by Gasteiger charge is -2.22. The van der Waals surface area contributed by atoms with E-state index >= 15 is 0 Å². The van der Waals surface area contributed by atoms with Gasteiger partial charge in [0.2, 0.25) is 0 Å². The first-order chi connectivity index (χ1) is 13.3. The maximum Gasteiger partial charge on any atom is 0.0972 e. The molecule has 3 aromatic rings. The zero-order chi connectivity index (χ0) is 18.1. The predicted octanol–water partition coefficient (Wildman–Crippen LogP) is 3.72. The number of para-hydroxylation sites is 1. The molecule has 1 spiro atoms. The van der Waals surface area contributed by atoms with Gasteiger partial charge in [-0.05, 0) is 43.5 Å². The van der Waals surface area contributed by atoms with Gasteiger partial charge in [0.15, 0.2) is 0 Å². The van der Waals surface area contributed by atoms with Crippen molar-refractivity contribution < 1.29 is 0 Å². The standard InChI is InChI=1S/C23H26N4/c1-3-7-19(8-4-1)22-20(16-27(25-22)21-9-5-2-6-10-21)15-26-14-12-23(18-26)11-13-24-17-23/h1-10,16,24H,11-15,17-18H2. The summed E-state index contributed by atoms with van der Waals surface area (Å²) < 4.78 is 2.03. The molecular weight excluding hydrogens is 332 g/mol. The molecule has 0 bridgehead atoms. The molecule has 5 rings (SSSR count). The Bertz CT molecular complexity index is 895. The van der Waals surface area contributed by atoms with Gasteiger partial charge >= 0.3 is 0 Å². The third-order valence-corrected chi connectivity index (χ3v) is 6.10. The number of benzene rings is 2. The summed E-state index contributed by atoms with van der Waals surface area (Å²) in [4.78, 5) is 2.62. The highest BCUT2D eigenvalue weighted by molar-refractivity contribution is 5.63. The lowest BCUT2D eigenvalue weighted by molar-refractivity contribution is 0.269. The number of likely N-dealkylation sites (tertiary alicyclic amines) is 1. The van der Waals surface area contributed by atoms with Crippen LogP contribution in [0.4, 0.5) is 0 Å². The van der Waals surface area contributed by atoms with Crippen LogP contribution in [0.25, 0.3) is 16.9 Å². The second-order valence-electron chi connectivity index (χ2n) is 8.04. The second kappa shape index (κ2) is 6.95. The van der Waals surface area contributed by atoms with Crippen molar-refractivity contribution in [1.29, 1.82) is 0 Å². The molecule has 1 unspecified atom stereocenters. The molecule has 27 heavy (non-hydrogen) atoms. The van der Waals surface area contributed by atoms with Crippen molar-refractivity contribution in [3.63, 3.8) is 0 Å². The molecular formula is C23H26N4. The smallest absolute Gasteiger partial charge is 0.0972 e. The lowest BCUT2D eigenvalue weighted by atomic mass is 9.86. The van der Waals surface area contributed by atoms with E-state index in [1.165, 1.54) is 50.1 Å². The molecule has 0 amide bonds. The van der Waals surface area contributed by atoms with E-state index in [-0.39, 0.29) is 0 Å². The summed E-state index contributed by atoms with van der Waals surface area (Å²) in [5.74, 6) is 0. The minimum absolute atomic E-state index is 0.502. The van der Waals surface area contributed by atoms with Crippen molar-refractivity contribution in [2.75, 3.05) is 26.2 Å². The van der Waals surface area contributed by atoms with Crippen molar-refractivity contribution in [3.8, 4) is 16.9 Å². The second-order valence-corrected chi connectivity index (χ2v) is 8.04. The molecule has 1 N–H and O–H groups in total. The Hall–Kier alpha value is -2.43. The molecule has 0 saturated carbocycles. The van der Waals surface area contributed by atoms with Gasteiger partial charge in [-0.15, -0.1) is 0 Å². The summed E-state index contributed by atoms with van der Waals surface area (Å²) >= 11 is 0. The fraction of sp³-hybridized carbons (Fsp3) is 0.348. The highest BCUT2D eigenvalue weighted by atomic mass is 15.3. The van der Waals surface area contributed by atoms with Gasteiger partial charge in [-0.2, -0.15) is 5.10 Å². The first-order valence-corrected chi connectivity index (χ1v) is 9.94. The molecule has 2 aromatic carbocycles. The molecule has 4 nitrogen and oxygen atoms in total. The summed E-state index contributed by atoms with van der Waals surface area (Å²) in [7, 11) is 0. The van der Waals surface area contributed by atoms with Crippen LogP contribution < -0.4 is 5.32 Å². The average molecular weight is 358 g/mol. The molecule has 2 saturated heterocycles.